The number of rotatable bonds is 10. The first-order chi connectivity index (χ1) is 18.9. The number of sulfonamides is 1. The van der Waals surface area contributed by atoms with Crippen molar-refractivity contribution >= 4 is 33.4 Å². The number of hydrogen-bond donors (Lipinski definition) is 2. The molecule has 1 aliphatic rings. The van der Waals surface area contributed by atoms with E-state index in [4.69, 9.17) is 9.47 Å². The molecule has 0 aliphatic carbocycles. The molecule has 0 radical (unpaired) electrons. The highest BCUT2D eigenvalue weighted by atomic mass is 32.2. The second kappa shape index (κ2) is 12.0. The third-order valence-corrected chi connectivity index (χ3v) is 7.38. The number of amides is 2. The monoisotopic (exact) mass is 613 g/mol. The molecule has 0 fully saturated rings. The van der Waals surface area contributed by atoms with E-state index in [2.05, 4.69) is 20.5 Å². The predicted molar refractivity (Wildman–Crippen MR) is 134 cm³/mol. The fraction of sp³-hybridized carbons (Fsp3) is 0.522. The average Bonchev–Trinajstić information content (AvgIpc) is 3.23. The Hall–Kier alpha value is -3.83. The number of alkyl halides is 5. The van der Waals surface area contributed by atoms with Gasteiger partial charge in [0.25, 0.3) is 22.3 Å². The Kier molecular flexibility index (Phi) is 9.24. The summed E-state index contributed by atoms with van der Waals surface area (Å²) in [5, 5.41) is 8.43. The number of carbonyl (C=O) groups is 2. The van der Waals surface area contributed by atoms with E-state index >= 15 is 0 Å². The van der Waals surface area contributed by atoms with Gasteiger partial charge in [0, 0.05) is 18.8 Å². The van der Waals surface area contributed by atoms with Gasteiger partial charge in [0.2, 0.25) is 11.5 Å². The highest BCUT2D eigenvalue weighted by molar-refractivity contribution is 7.93. The van der Waals surface area contributed by atoms with Crippen LogP contribution in [-0.2, 0) is 26.1 Å². The minimum absolute atomic E-state index is 0.0253. The molecule has 3 rings (SSSR count). The van der Waals surface area contributed by atoms with Gasteiger partial charge < -0.3 is 19.5 Å². The molecule has 2 aromatic rings. The van der Waals surface area contributed by atoms with Crippen LogP contribution in [0.4, 0.5) is 38.1 Å². The number of halogens is 5. The lowest BCUT2D eigenvalue weighted by Crippen LogP contribution is -2.48. The van der Waals surface area contributed by atoms with Gasteiger partial charge >= 0.3 is 12.3 Å². The van der Waals surface area contributed by atoms with Crippen molar-refractivity contribution in [2.75, 3.05) is 29.3 Å². The molecule has 41 heavy (non-hydrogen) atoms. The lowest BCUT2D eigenvalue weighted by molar-refractivity contribution is -0.242. The van der Waals surface area contributed by atoms with Gasteiger partial charge in [0.1, 0.15) is 18.4 Å². The lowest BCUT2D eigenvalue weighted by atomic mass is 10.1. The molecule has 0 saturated heterocycles. The Morgan fingerprint density at radius 2 is 1.93 bits per heavy atom. The van der Waals surface area contributed by atoms with E-state index in [0.717, 1.165) is 21.3 Å². The Bertz CT molecular complexity index is 1380. The van der Waals surface area contributed by atoms with Gasteiger partial charge in [-0.05, 0) is 39.0 Å². The molecule has 1 atom stereocenters. The molecule has 1 unspecified atom stereocenters. The minimum Gasteiger partial charge on any atom is -0.484 e. The van der Waals surface area contributed by atoms with Crippen molar-refractivity contribution in [1.29, 1.82) is 0 Å². The van der Waals surface area contributed by atoms with Crippen LogP contribution in [0, 0.1) is 0 Å². The van der Waals surface area contributed by atoms with Crippen molar-refractivity contribution in [3.8, 4) is 11.6 Å². The van der Waals surface area contributed by atoms with E-state index in [9.17, 15) is 40.0 Å². The molecule has 1 aromatic heterocycles. The third-order valence-electron chi connectivity index (χ3n) is 5.62. The number of carbonyl (C=O) groups excluding carboxylic acids is 2. The first-order valence-electron chi connectivity index (χ1n) is 12.1. The number of nitrogens with zero attached hydrogens (tertiary/aromatic N) is 3. The Morgan fingerprint density at radius 1 is 1.24 bits per heavy atom. The van der Waals surface area contributed by atoms with Crippen LogP contribution in [0.5, 0.6) is 11.6 Å². The van der Waals surface area contributed by atoms with Crippen molar-refractivity contribution < 1.29 is 54.2 Å². The zero-order chi connectivity index (χ0) is 30.8. The third kappa shape index (κ3) is 7.47. The Morgan fingerprint density at radius 3 is 2.51 bits per heavy atom. The normalized spacial score (nSPS) is 15.7. The van der Waals surface area contributed by atoms with Gasteiger partial charge in [-0.25, -0.2) is 22.0 Å². The topological polar surface area (TPSA) is 141 Å². The number of hydrogen-bond acceptors (Lipinski definition) is 8. The maximum Gasteiger partial charge on any atom is 0.427 e. The predicted octanol–water partition coefficient (Wildman–Crippen LogP) is 3.53. The number of fused-ring (bicyclic) bond motifs is 1. The summed E-state index contributed by atoms with van der Waals surface area (Å²) in [6.07, 6.45) is -9.21. The van der Waals surface area contributed by atoms with Crippen LogP contribution in [0.1, 0.15) is 27.7 Å². The second-order valence-electron chi connectivity index (χ2n) is 9.26. The number of anilines is 2. The fourth-order valence-electron chi connectivity index (χ4n) is 3.57. The molecular formula is C23H28F5N5O7S. The first kappa shape index (κ1) is 31.7. The van der Waals surface area contributed by atoms with Gasteiger partial charge in [-0.3, -0.25) is 19.1 Å². The first-order valence-corrected chi connectivity index (χ1v) is 13.5. The van der Waals surface area contributed by atoms with Crippen LogP contribution in [0.2, 0.25) is 0 Å². The van der Waals surface area contributed by atoms with E-state index in [1.807, 2.05) is 0 Å². The summed E-state index contributed by atoms with van der Waals surface area (Å²) in [7, 11) is -4.61. The summed E-state index contributed by atoms with van der Waals surface area (Å²) >= 11 is 0. The number of benzene rings is 1. The molecule has 1 aromatic carbocycles. The van der Waals surface area contributed by atoms with Crippen LogP contribution in [0.25, 0.3) is 0 Å². The SMILES string of the molecule is CCOc1nn(CC(F)F)cc1S(=O)(=O)N1CC(CNC(C)=O)Oc2ccc(NC(=O)OC(C)(C)C(F)(F)F)cc21. The van der Waals surface area contributed by atoms with Crippen LogP contribution in [0.3, 0.4) is 0 Å². The van der Waals surface area contributed by atoms with E-state index in [1.54, 1.807) is 0 Å². The van der Waals surface area contributed by atoms with Gasteiger partial charge in [0.05, 0.1) is 25.4 Å². The van der Waals surface area contributed by atoms with Crippen molar-refractivity contribution in [3.63, 3.8) is 0 Å². The van der Waals surface area contributed by atoms with E-state index in [1.165, 1.54) is 26.0 Å². The van der Waals surface area contributed by atoms with Crippen LogP contribution >= 0.6 is 0 Å². The molecule has 0 saturated carbocycles. The Balaban J connectivity index is 2.03. The second-order valence-corrected chi connectivity index (χ2v) is 11.1. The van der Waals surface area contributed by atoms with Crippen molar-refractivity contribution in [1.82, 2.24) is 15.1 Å². The standard InChI is InChI=1S/C23H28F5N5O7S/c1-5-38-20-18(11-32(31-20)12-19(24)25)41(36,37)33-10-15(9-29-13(2)34)39-17-7-6-14(8-16(17)33)30-21(35)40-22(3,4)23(26,27)28/h6-8,11,15,19H,5,9-10,12H2,1-4H3,(H,29,34)(H,30,35). The van der Waals surface area contributed by atoms with E-state index in [0.29, 0.717) is 13.8 Å². The van der Waals surface area contributed by atoms with Gasteiger partial charge in [-0.15, -0.1) is 5.10 Å². The summed E-state index contributed by atoms with van der Waals surface area (Å²) in [6.45, 7) is 2.64. The van der Waals surface area contributed by atoms with Gasteiger partial charge in [0.15, 0.2) is 4.90 Å². The summed E-state index contributed by atoms with van der Waals surface area (Å²) < 4.78 is 110. The molecule has 2 N–H and O–H groups in total. The molecule has 0 bridgehead atoms. The summed E-state index contributed by atoms with van der Waals surface area (Å²) in [4.78, 5) is 23.1. The van der Waals surface area contributed by atoms with Crippen LogP contribution in [-0.4, -0.2) is 74.2 Å². The minimum atomic E-state index is -4.87. The van der Waals surface area contributed by atoms with Crippen LogP contribution in [0.15, 0.2) is 29.3 Å². The highest BCUT2D eigenvalue weighted by Crippen LogP contribution is 2.40. The summed E-state index contributed by atoms with van der Waals surface area (Å²) in [5.41, 5.74) is -3.12. The van der Waals surface area contributed by atoms with E-state index < -0.39 is 70.2 Å². The van der Waals surface area contributed by atoms with Gasteiger partial charge in [-0.1, -0.05) is 0 Å². The smallest absolute Gasteiger partial charge is 0.427 e. The molecule has 18 heteroatoms. The van der Waals surface area contributed by atoms with Gasteiger partial charge in [-0.2, -0.15) is 13.2 Å². The summed E-state index contributed by atoms with van der Waals surface area (Å²) in [6, 6.07) is 3.61. The van der Waals surface area contributed by atoms with Crippen LogP contribution < -0.4 is 24.4 Å². The lowest BCUT2D eigenvalue weighted by Gasteiger charge is -2.35. The molecule has 1 aliphatic heterocycles. The molecule has 228 valence electrons. The molecule has 12 nitrogen and oxygen atoms in total. The molecule has 2 amide bonds. The maximum atomic E-state index is 13.9. The number of ether oxygens (including phenoxy) is 3. The number of aromatic nitrogens is 2. The zero-order valence-corrected chi connectivity index (χ0v) is 23.1. The Labute approximate surface area is 231 Å². The maximum absolute atomic E-state index is 13.9. The molecule has 0 spiro atoms. The van der Waals surface area contributed by atoms with Crippen molar-refractivity contribution in [2.45, 2.75) is 63.4 Å². The van der Waals surface area contributed by atoms with E-state index in [-0.39, 0.29) is 30.3 Å². The summed E-state index contributed by atoms with van der Waals surface area (Å²) in [5.74, 6) is -0.880. The molecular weight excluding hydrogens is 585 g/mol. The van der Waals surface area contributed by atoms with Crippen molar-refractivity contribution in [3.05, 3.63) is 24.4 Å². The highest BCUT2D eigenvalue weighted by Gasteiger charge is 2.51. The zero-order valence-electron chi connectivity index (χ0n) is 22.3. The largest absolute Gasteiger partial charge is 0.484 e. The average molecular weight is 614 g/mol. The quantitative estimate of drug-likeness (QED) is 0.388. The fourth-order valence-corrected chi connectivity index (χ4v) is 5.14. The van der Waals surface area contributed by atoms with Crippen molar-refractivity contribution in [2.24, 2.45) is 0 Å². The molecule has 2 heterocycles. The number of nitrogens with one attached hydrogen (secondary N) is 2.